The highest BCUT2D eigenvalue weighted by molar-refractivity contribution is 6.30. The molecule has 2 unspecified atom stereocenters. The topological polar surface area (TPSA) is 74.6 Å². The van der Waals surface area contributed by atoms with Crippen molar-refractivity contribution < 1.29 is 19.8 Å². The van der Waals surface area contributed by atoms with Crippen LogP contribution in [0.3, 0.4) is 0 Å². The Morgan fingerprint density at radius 3 is 1.86 bits per heavy atom. The maximum atomic E-state index is 10.5. The molecule has 2 atom stereocenters. The fourth-order valence-electron chi connectivity index (χ4n) is 0.936. The molecule has 6 heteroatoms. The van der Waals surface area contributed by atoms with Crippen molar-refractivity contribution in [3.63, 3.8) is 0 Å². The molecule has 0 rings (SSSR count). The van der Waals surface area contributed by atoms with Crippen LogP contribution in [0, 0.1) is 5.92 Å². The van der Waals surface area contributed by atoms with Crippen LogP contribution in [-0.4, -0.2) is 32.9 Å². The summed E-state index contributed by atoms with van der Waals surface area (Å²) in [5.41, 5.74) is 0. The van der Waals surface area contributed by atoms with E-state index in [9.17, 15) is 9.59 Å². The molecule has 0 amide bonds. The summed E-state index contributed by atoms with van der Waals surface area (Å²) in [6.45, 7) is 1.80. The van der Waals surface area contributed by atoms with Crippen LogP contribution in [0.15, 0.2) is 0 Å². The summed E-state index contributed by atoms with van der Waals surface area (Å²) in [6.07, 6.45) is 0.413. The molecule has 0 fully saturated rings. The van der Waals surface area contributed by atoms with E-state index in [-0.39, 0.29) is 6.42 Å². The maximum Gasteiger partial charge on any atom is 0.317 e. The molecule has 0 aliphatic carbocycles. The van der Waals surface area contributed by atoms with Crippen molar-refractivity contribution in [2.45, 2.75) is 30.5 Å². The second kappa shape index (κ2) is 6.09. The average molecular weight is 243 g/mol. The van der Waals surface area contributed by atoms with Gasteiger partial charge in [-0.05, 0) is 12.8 Å². The molecule has 0 bridgehead atoms. The number of halogens is 2. The number of aliphatic carboxylic acids is 2. The standard InChI is InChI=1S/C8H12Cl2O4/c1-2-5(9)6(10)3-4(7(11)12)8(13)14/h4-6H,2-3H2,1H3,(H,11,12)(H,13,14). The first-order chi connectivity index (χ1) is 6.40. The van der Waals surface area contributed by atoms with Crippen molar-refractivity contribution in [1.82, 2.24) is 0 Å². The number of alkyl halides is 2. The zero-order valence-corrected chi connectivity index (χ0v) is 9.12. The number of hydrogen-bond donors (Lipinski definition) is 2. The monoisotopic (exact) mass is 242 g/mol. The Labute approximate surface area is 91.8 Å². The highest BCUT2D eigenvalue weighted by Gasteiger charge is 2.30. The molecule has 0 aromatic heterocycles. The van der Waals surface area contributed by atoms with Crippen molar-refractivity contribution in [3.8, 4) is 0 Å². The lowest BCUT2D eigenvalue weighted by atomic mass is 10.0. The van der Waals surface area contributed by atoms with Gasteiger partial charge in [0, 0.05) is 5.38 Å². The van der Waals surface area contributed by atoms with Gasteiger partial charge in [-0.25, -0.2) is 0 Å². The Morgan fingerprint density at radius 1 is 1.14 bits per heavy atom. The van der Waals surface area contributed by atoms with E-state index < -0.39 is 28.6 Å². The molecular weight excluding hydrogens is 231 g/mol. The molecule has 0 aromatic rings. The second-order valence-electron chi connectivity index (χ2n) is 2.90. The molecule has 0 aliphatic rings. The largest absolute Gasteiger partial charge is 0.481 e. The summed E-state index contributed by atoms with van der Waals surface area (Å²) in [6, 6.07) is 0. The Morgan fingerprint density at radius 2 is 1.57 bits per heavy atom. The average Bonchev–Trinajstić information content (AvgIpc) is 2.11. The van der Waals surface area contributed by atoms with Crippen molar-refractivity contribution in [2.24, 2.45) is 5.92 Å². The summed E-state index contributed by atoms with van der Waals surface area (Å²) in [4.78, 5) is 21.0. The van der Waals surface area contributed by atoms with E-state index in [1.54, 1.807) is 6.92 Å². The molecule has 14 heavy (non-hydrogen) atoms. The zero-order chi connectivity index (χ0) is 11.3. The first kappa shape index (κ1) is 13.5. The highest BCUT2D eigenvalue weighted by atomic mass is 35.5. The number of carboxylic acid groups (broad SMARTS) is 2. The molecule has 0 radical (unpaired) electrons. The van der Waals surface area contributed by atoms with E-state index >= 15 is 0 Å². The normalized spacial score (nSPS) is 15.1. The summed E-state index contributed by atoms with van der Waals surface area (Å²) in [5.74, 6) is -4.25. The molecule has 0 saturated carbocycles. The summed E-state index contributed by atoms with van der Waals surface area (Å²) in [7, 11) is 0. The molecule has 0 aliphatic heterocycles. The highest BCUT2D eigenvalue weighted by Crippen LogP contribution is 2.21. The molecule has 0 heterocycles. The van der Waals surface area contributed by atoms with Crippen LogP contribution in [0.4, 0.5) is 0 Å². The van der Waals surface area contributed by atoms with Gasteiger partial charge in [0.1, 0.15) is 0 Å². The number of carbonyl (C=O) groups is 2. The van der Waals surface area contributed by atoms with Crippen molar-refractivity contribution in [1.29, 1.82) is 0 Å². The van der Waals surface area contributed by atoms with Crippen LogP contribution in [0.1, 0.15) is 19.8 Å². The Kier molecular flexibility index (Phi) is 5.88. The maximum absolute atomic E-state index is 10.5. The van der Waals surface area contributed by atoms with Gasteiger partial charge in [0.2, 0.25) is 0 Å². The molecule has 0 spiro atoms. The van der Waals surface area contributed by atoms with E-state index in [4.69, 9.17) is 33.4 Å². The van der Waals surface area contributed by atoms with Crippen LogP contribution >= 0.6 is 23.2 Å². The first-order valence-electron chi connectivity index (χ1n) is 4.13. The Hall–Kier alpha value is -0.480. The molecule has 0 saturated heterocycles. The molecule has 0 aromatic carbocycles. The van der Waals surface area contributed by atoms with E-state index in [0.717, 1.165) is 0 Å². The summed E-state index contributed by atoms with van der Waals surface area (Å²) >= 11 is 11.5. The van der Waals surface area contributed by atoms with Crippen molar-refractivity contribution >= 4 is 35.1 Å². The van der Waals surface area contributed by atoms with Crippen LogP contribution in [0.2, 0.25) is 0 Å². The van der Waals surface area contributed by atoms with Gasteiger partial charge in [-0.3, -0.25) is 9.59 Å². The smallest absolute Gasteiger partial charge is 0.317 e. The van der Waals surface area contributed by atoms with Crippen molar-refractivity contribution in [2.75, 3.05) is 0 Å². The minimum atomic E-state index is -1.48. The summed E-state index contributed by atoms with van der Waals surface area (Å²) < 4.78 is 0. The molecule has 4 nitrogen and oxygen atoms in total. The zero-order valence-electron chi connectivity index (χ0n) is 7.61. The van der Waals surface area contributed by atoms with E-state index in [1.165, 1.54) is 0 Å². The van der Waals surface area contributed by atoms with Gasteiger partial charge in [-0.15, -0.1) is 23.2 Å². The van der Waals surface area contributed by atoms with Gasteiger partial charge in [-0.2, -0.15) is 0 Å². The van der Waals surface area contributed by atoms with Gasteiger partial charge in [0.25, 0.3) is 0 Å². The van der Waals surface area contributed by atoms with Crippen LogP contribution < -0.4 is 0 Å². The number of hydrogen-bond acceptors (Lipinski definition) is 2. The lowest BCUT2D eigenvalue weighted by molar-refractivity contribution is -0.154. The SMILES string of the molecule is CCC(Cl)C(Cl)CC(C(=O)O)C(=O)O. The summed E-state index contributed by atoms with van der Waals surface area (Å²) in [5, 5.41) is 16.1. The van der Waals surface area contributed by atoms with Gasteiger partial charge >= 0.3 is 11.9 Å². The fraction of sp³-hybridized carbons (Fsp3) is 0.750. The number of rotatable bonds is 6. The lowest BCUT2D eigenvalue weighted by Gasteiger charge is -2.16. The molecule has 82 valence electrons. The predicted octanol–water partition coefficient (Wildman–Crippen LogP) is 1.79. The minimum absolute atomic E-state index is 0.159. The van der Waals surface area contributed by atoms with Gasteiger partial charge in [0.15, 0.2) is 5.92 Å². The van der Waals surface area contributed by atoms with E-state index in [0.29, 0.717) is 6.42 Å². The lowest BCUT2D eigenvalue weighted by Crippen LogP contribution is -2.29. The second-order valence-corrected chi connectivity index (χ2v) is 4.03. The van der Waals surface area contributed by atoms with Gasteiger partial charge in [-0.1, -0.05) is 6.92 Å². The quantitative estimate of drug-likeness (QED) is 0.550. The third kappa shape index (κ3) is 4.15. The van der Waals surface area contributed by atoms with Gasteiger partial charge in [0.05, 0.1) is 5.38 Å². The predicted molar refractivity (Wildman–Crippen MR) is 53.0 cm³/mol. The molecule has 2 N–H and O–H groups in total. The molecular formula is C8H12Cl2O4. The Balaban J connectivity index is 4.30. The van der Waals surface area contributed by atoms with Crippen LogP contribution in [-0.2, 0) is 9.59 Å². The van der Waals surface area contributed by atoms with Crippen LogP contribution in [0.5, 0.6) is 0 Å². The fourth-order valence-corrected chi connectivity index (χ4v) is 1.40. The van der Waals surface area contributed by atoms with Crippen LogP contribution in [0.25, 0.3) is 0 Å². The van der Waals surface area contributed by atoms with Crippen molar-refractivity contribution in [3.05, 3.63) is 0 Å². The minimum Gasteiger partial charge on any atom is -0.481 e. The van der Waals surface area contributed by atoms with Gasteiger partial charge < -0.3 is 10.2 Å². The number of carboxylic acids is 2. The first-order valence-corrected chi connectivity index (χ1v) is 5.01. The third-order valence-electron chi connectivity index (χ3n) is 1.84. The van der Waals surface area contributed by atoms with E-state index in [2.05, 4.69) is 0 Å². The third-order valence-corrected chi connectivity index (χ3v) is 3.06. The van der Waals surface area contributed by atoms with E-state index in [1.807, 2.05) is 0 Å². The Bertz CT molecular complexity index is 205.